The summed E-state index contributed by atoms with van der Waals surface area (Å²) in [7, 11) is 0. The minimum absolute atomic E-state index is 0.0555. The van der Waals surface area contributed by atoms with Gasteiger partial charge in [-0.05, 0) is 38.1 Å². The first-order valence-electron chi connectivity index (χ1n) is 8.90. The highest BCUT2D eigenvalue weighted by Gasteiger charge is 2.13. The quantitative estimate of drug-likeness (QED) is 0.636. The zero-order chi connectivity index (χ0) is 19.9. The highest BCUT2D eigenvalue weighted by atomic mass is 32.1. The molecule has 0 atom stereocenters. The maximum absolute atomic E-state index is 12.5. The minimum Gasteiger partial charge on any atom is -0.484 e. The number of carbonyl (C=O) groups is 2. The SMILES string of the molecule is CCNC(=O)COc1ccc(C(=O)Nc2nc(-c3ccccc3)c(C)s2)cc1. The molecule has 0 aliphatic carbocycles. The number of nitrogens with one attached hydrogen (secondary N) is 2. The third-order valence-electron chi connectivity index (χ3n) is 3.92. The van der Waals surface area contributed by atoms with Crippen LogP contribution in [0.15, 0.2) is 54.6 Å². The van der Waals surface area contributed by atoms with E-state index in [1.54, 1.807) is 24.3 Å². The van der Waals surface area contributed by atoms with Crippen LogP contribution < -0.4 is 15.4 Å². The third kappa shape index (κ3) is 4.95. The maximum Gasteiger partial charge on any atom is 0.257 e. The van der Waals surface area contributed by atoms with E-state index in [2.05, 4.69) is 15.6 Å². The van der Waals surface area contributed by atoms with Gasteiger partial charge in [0.25, 0.3) is 11.8 Å². The number of benzene rings is 2. The van der Waals surface area contributed by atoms with Crippen LogP contribution in [0.4, 0.5) is 5.13 Å². The van der Waals surface area contributed by atoms with Crippen molar-refractivity contribution in [2.75, 3.05) is 18.5 Å². The van der Waals surface area contributed by atoms with Crippen LogP contribution in [0.1, 0.15) is 22.2 Å². The van der Waals surface area contributed by atoms with Gasteiger partial charge in [-0.2, -0.15) is 0 Å². The van der Waals surface area contributed by atoms with Crippen LogP contribution in [0.3, 0.4) is 0 Å². The number of amides is 2. The monoisotopic (exact) mass is 395 g/mol. The van der Waals surface area contributed by atoms with Crippen LogP contribution in [-0.2, 0) is 4.79 Å². The summed E-state index contributed by atoms with van der Waals surface area (Å²) < 4.78 is 5.39. The van der Waals surface area contributed by atoms with E-state index in [1.165, 1.54) is 11.3 Å². The molecule has 0 aliphatic heterocycles. The molecule has 144 valence electrons. The largest absolute Gasteiger partial charge is 0.484 e. The average molecular weight is 395 g/mol. The summed E-state index contributed by atoms with van der Waals surface area (Å²) in [5, 5.41) is 6.05. The third-order valence-corrected chi connectivity index (χ3v) is 4.81. The molecular weight excluding hydrogens is 374 g/mol. The van der Waals surface area contributed by atoms with Crippen LogP contribution in [0.2, 0.25) is 0 Å². The van der Waals surface area contributed by atoms with Crippen molar-refractivity contribution in [3.63, 3.8) is 0 Å². The Bertz CT molecular complexity index is 953. The zero-order valence-corrected chi connectivity index (χ0v) is 16.5. The van der Waals surface area contributed by atoms with E-state index in [1.807, 2.05) is 44.2 Å². The van der Waals surface area contributed by atoms with Gasteiger partial charge in [-0.25, -0.2) is 4.98 Å². The lowest BCUT2D eigenvalue weighted by molar-refractivity contribution is -0.122. The van der Waals surface area contributed by atoms with Crippen LogP contribution in [-0.4, -0.2) is 29.9 Å². The molecule has 7 heteroatoms. The fourth-order valence-corrected chi connectivity index (χ4v) is 3.41. The topological polar surface area (TPSA) is 80.3 Å². The van der Waals surface area contributed by atoms with E-state index >= 15 is 0 Å². The smallest absolute Gasteiger partial charge is 0.257 e. The molecular formula is C21H21N3O3S. The average Bonchev–Trinajstić information content (AvgIpc) is 3.07. The molecule has 0 bridgehead atoms. The van der Waals surface area contributed by atoms with Gasteiger partial charge in [0.05, 0.1) is 5.69 Å². The highest BCUT2D eigenvalue weighted by Crippen LogP contribution is 2.30. The number of rotatable bonds is 7. The molecule has 2 amide bonds. The molecule has 0 fully saturated rings. The van der Waals surface area contributed by atoms with Crippen LogP contribution in [0.25, 0.3) is 11.3 Å². The first-order chi connectivity index (χ1) is 13.6. The van der Waals surface area contributed by atoms with E-state index in [9.17, 15) is 9.59 Å². The fraction of sp³-hybridized carbons (Fsp3) is 0.190. The van der Waals surface area contributed by atoms with Crippen LogP contribution in [0, 0.1) is 6.92 Å². The van der Waals surface area contributed by atoms with Gasteiger partial charge in [-0.15, -0.1) is 11.3 Å². The van der Waals surface area contributed by atoms with Crippen molar-refractivity contribution in [3.8, 4) is 17.0 Å². The number of carbonyl (C=O) groups excluding carboxylic acids is 2. The number of ether oxygens (including phenoxy) is 1. The van der Waals surface area contributed by atoms with Crippen molar-refractivity contribution < 1.29 is 14.3 Å². The summed E-state index contributed by atoms with van der Waals surface area (Å²) in [5.41, 5.74) is 2.37. The van der Waals surface area contributed by atoms with E-state index in [0.717, 1.165) is 16.1 Å². The van der Waals surface area contributed by atoms with Crippen molar-refractivity contribution in [2.45, 2.75) is 13.8 Å². The van der Waals surface area contributed by atoms with Gasteiger partial charge in [-0.1, -0.05) is 30.3 Å². The summed E-state index contributed by atoms with van der Waals surface area (Å²) in [6.45, 7) is 4.33. The molecule has 3 rings (SSSR count). The van der Waals surface area contributed by atoms with Gasteiger partial charge < -0.3 is 10.1 Å². The molecule has 0 spiro atoms. The molecule has 28 heavy (non-hydrogen) atoms. The molecule has 0 saturated heterocycles. The maximum atomic E-state index is 12.5. The Kier molecular flexibility index (Phi) is 6.39. The normalized spacial score (nSPS) is 10.4. The number of thiazole rings is 1. The molecule has 0 aliphatic rings. The second kappa shape index (κ2) is 9.14. The molecule has 2 N–H and O–H groups in total. The summed E-state index contributed by atoms with van der Waals surface area (Å²) in [6.07, 6.45) is 0. The molecule has 3 aromatic rings. The molecule has 0 saturated carbocycles. The molecule has 0 radical (unpaired) electrons. The number of hydrogen-bond acceptors (Lipinski definition) is 5. The minimum atomic E-state index is -0.247. The lowest BCUT2D eigenvalue weighted by Crippen LogP contribution is -2.28. The van der Waals surface area contributed by atoms with Gasteiger partial charge in [0.2, 0.25) is 0 Å². The number of aromatic nitrogens is 1. The van der Waals surface area contributed by atoms with Crippen molar-refractivity contribution in [1.29, 1.82) is 0 Å². The lowest BCUT2D eigenvalue weighted by Gasteiger charge is -2.07. The Balaban J connectivity index is 1.63. The highest BCUT2D eigenvalue weighted by molar-refractivity contribution is 7.16. The fourth-order valence-electron chi connectivity index (χ4n) is 2.58. The summed E-state index contributed by atoms with van der Waals surface area (Å²) in [4.78, 5) is 29.5. The second-order valence-corrected chi connectivity index (χ2v) is 7.21. The number of aryl methyl sites for hydroxylation is 1. The number of hydrogen-bond donors (Lipinski definition) is 2. The summed E-state index contributed by atoms with van der Waals surface area (Å²) in [6, 6.07) is 16.5. The van der Waals surface area contributed by atoms with Gasteiger partial charge >= 0.3 is 0 Å². The number of anilines is 1. The zero-order valence-electron chi connectivity index (χ0n) is 15.7. The first kappa shape index (κ1) is 19.6. The summed E-state index contributed by atoms with van der Waals surface area (Å²) in [5.74, 6) is 0.0978. The lowest BCUT2D eigenvalue weighted by atomic mass is 10.1. The molecule has 1 heterocycles. The van der Waals surface area contributed by atoms with Crippen molar-refractivity contribution in [3.05, 3.63) is 65.0 Å². The van der Waals surface area contributed by atoms with Crippen molar-refractivity contribution in [2.24, 2.45) is 0 Å². The van der Waals surface area contributed by atoms with Crippen LogP contribution >= 0.6 is 11.3 Å². The van der Waals surface area contributed by atoms with E-state index < -0.39 is 0 Å². The number of likely N-dealkylation sites (N-methyl/N-ethyl adjacent to an activating group) is 1. The predicted molar refractivity (Wildman–Crippen MR) is 111 cm³/mol. The van der Waals surface area contributed by atoms with E-state index in [-0.39, 0.29) is 18.4 Å². The molecule has 2 aromatic carbocycles. The van der Waals surface area contributed by atoms with Crippen molar-refractivity contribution >= 4 is 28.3 Å². The second-order valence-electron chi connectivity index (χ2n) is 6.01. The molecule has 1 aromatic heterocycles. The Morgan fingerprint density at radius 3 is 2.46 bits per heavy atom. The van der Waals surface area contributed by atoms with E-state index in [0.29, 0.717) is 23.0 Å². The van der Waals surface area contributed by atoms with Crippen LogP contribution in [0.5, 0.6) is 5.75 Å². The predicted octanol–water partition coefficient (Wildman–Crippen LogP) is 3.89. The Hall–Kier alpha value is -3.19. The Morgan fingerprint density at radius 1 is 1.07 bits per heavy atom. The van der Waals surface area contributed by atoms with Gasteiger partial charge in [0, 0.05) is 22.5 Å². The first-order valence-corrected chi connectivity index (χ1v) is 9.72. The molecule has 0 unspecified atom stereocenters. The van der Waals surface area contributed by atoms with E-state index in [4.69, 9.17) is 4.74 Å². The van der Waals surface area contributed by atoms with Gasteiger partial charge in [0.1, 0.15) is 5.75 Å². The van der Waals surface area contributed by atoms with Gasteiger partial charge in [-0.3, -0.25) is 14.9 Å². The Morgan fingerprint density at radius 2 is 1.79 bits per heavy atom. The van der Waals surface area contributed by atoms with Crippen molar-refractivity contribution in [1.82, 2.24) is 10.3 Å². The Labute approximate surface area is 167 Å². The standard InChI is InChI=1S/C21H21N3O3S/c1-3-22-18(25)13-27-17-11-9-16(10-12-17)20(26)24-21-23-19(14(2)28-21)15-7-5-4-6-8-15/h4-12H,3,13H2,1-2H3,(H,22,25)(H,23,24,26). The van der Waals surface area contributed by atoms with Gasteiger partial charge in [0.15, 0.2) is 11.7 Å². The molecule has 6 nitrogen and oxygen atoms in total. The number of nitrogens with zero attached hydrogens (tertiary/aromatic N) is 1. The summed E-state index contributed by atoms with van der Waals surface area (Å²) >= 11 is 1.44.